The van der Waals surface area contributed by atoms with Crippen molar-refractivity contribution in [2.45, 2.75) is 19.1 Å². The van der Waals surface area contributed by atoms with Crippen molar-refractivity contribution in [1.29, 1.82) is 0 Å². The van der Waals surface area contributed by atoms with Gasteiger partial charge in [0, 0.05) is 38.5 Å². The number of nitrogens with zero attached hydrogens (tertiary/aromatic N) is 1. The van der Waals surface area contributed by atoms with Crippen LogP contribution in [0.15, 0.2) is 42.6 Å². The van der Waals surface area contributed by atoms with E-state index in [9.17, 15) is 9.18 Å². The van der Waals surface area contributed by atoms with Crippen LogP contribution in [-0.2, 0) is 16.1 Å². The summed E-state index contributed by atoms with van der Waals surface area (Å²) in [6.07, 6.45) is 1.51. The number of carbonyl (C=O) groups excluding carboxylic acids is 1. The molecule has 7 heteroatoms. The zero-order valence-corrected chi connectivity index (χ0v) is 13.4. The first-order chi connectivity index (χ1) is 11.6. The minimum absolute atomic E-state index is 0.146. The van der Waals surface area contributed by atoms with Crippen LogP contribution in [0.1, 0.15) is 12.0 Å². The topological polar surface area (TPSA) is 86.5 Å². The predicted octanol–water partition coefficient (Wildman–Crippen LogP) is 1.99. The largest absolute Gasteiger partial charge is 0.439 e. The van der Waals surface area contributed by atoms with Gasteiger partial charge in [-0.1, -0.05) is 12.1 Å². The molecular formula is C17H20FN3O3. The van der Waals surface area contributed by atoms with Crippen molar-refractivity contribution in [2.75, 3.05) is 13.7 Å². The smallest absolute Gasteiger partial charge is 0.222 e. The van der Waals surface area contributed by atoms with Gasteiger partial charge < -0.3 is 20.5 Å². The Labute approximate surface area is 139 Å². The van der Waals surface area contributed by atoms with Crippen molar-refractivity contribution in [1.82, 2.24) is 10.3 Å². The van der Waals surface area contributed by atoms with E-state index in [4.69, 9.17) is 15.2 Å². The van der Waals surface area contributed by atoms with Crippen LogP contribution in [0, 0.1) is 5.82 Å². The molecule has 1 aromatic heterocycles. The van der Waals surface area contributed by atoms with Crippen LogP contribution in [0.3, 0.4) is 0 Å². The lowest BCUT2D eigenvalue weighted by Gasteiger charge is -2.12. The molecule has 0 aliphatic rings. The number of hydrogen-bond acceptors (Lipinski definition) is 5. The molecule has 0 bridgehead atoms. The summed E-state index contributed by atoms with van der Waals surface area (Å²) in [5.74, 6) is 0.195. The van der Waals surface area contributed by atoms with Gasteiger partial charge in [0.15, 0.2) is 0 Å². The standard InChI is InChI=1S/C17H20FN3O3/c1-23-15(9-19)8-16(22)20-10-12-5-6-17(21-11-12)24-14-4-2-3-13(18)7-14/h2-7,11,15H,8-10,19H2,1H3,(H,20,22). The Kier molecular flexibility index (Phi) is 6.65. The molecule has 1 atom stereocenters. The van der Waals surface area contributed by atoms with Crippen molar-refractivity contribution in [3.05, 3.63) is 54.0 Å². The Bertz CT molecular complexity index is 660. The van der Waals surface area contributed by atoms with Gasteiger partial charge in [-0.25, -0.2) is 9.37 Å². The van der Waals surface area contributed by atoms with Gasteiger partial charge in [-0.2, -0.15) is 0 Å². The summed E-state index contributed by atoms with van der Waals surface area (Å²) in [5, 5.41) is 2.77. The average Bonchev–Trinajstić information content (AvgIpc) is 2.59. The Balaban J connectivity index is 1.84. The minimum Gasteiger partial charge on any atom is -0.439 e. The quantitative estimate of drug-likeness (QED) is 0.771. The van der Waals surface area contributed by atoms with Crippen LogP contribution in [-0.4, -0.2) is 30.6 Å². The summed E-state index contributed by atoms with van der Waals surface area (Å²) in [6, 6.07) is 9.25. The number of hydrogen-bond donors (Lipinski definition) is 2. The number of amides is 1. The molecule has 0 fully saturated rings. The summed E-state index contributed by atoms with van der Waals surface area (Å²) in [4.78, 5) is 15.9. The van der Waals surface area contributed by atoms with E-state index in [2.05, 4.69) is 10.3 Å². The number of carbonyl (C=O) groups is 1. The van der Waals surface area contributed by atoms with E-state index in [1.807, 2.05) is 0 Å². The van der Waals surface area contributed by atoms with Crippen LogP contribution in [0.2, 0.25) is 0 Å². The van der Waals surface area contributed by atoms with Gasteiger partial charge in [0.05, 0.1) is 12.5 Å². The SMILES string of the molecule is COC(CN)CC(=O)NCc1ccc(Oc2cccc(F)c2)nc1. The highest BCUT2D eigenvalue weighted by Crippen LogP contribution is 2.19. The summed E-state index contributed by atoms with van der Waals surface area (Å²) in [5.41, 5.74) is 6.29. The van der Waals surface area contributed by atoms with Crippen LogP contribution >= 0.6 is 0 Å². The number of nitrogens with two attached hydrogens (primary N) is 1. The highest BCUT2D eigenvalue weighted by atomic mass is 19.1. The Hall–Kier alpha value is -2.51. The fraction of sp³-hybridized carbons (Fsp3) is 0.294. The molecule has 128 valence electrons. The number of methoxy groups -OCH3 is 1. The van der Waals surface area contributed by atoms with E-state index < -0.39 is 0 Å². The molecule has 0 saturated heterocycles. The van der Waals surface area contributed by atoms with Crippen molar-refractivity contribution < 1.29 is 18.7 Å². The van der Waals surface area contributed by atoms with Gasteiger partial charge >= 0.3 is 0 Å². The normalized spacial score (nSPS) is 11.8. The molecule has 0 saturated carbocycles. The van der Waals surface area contributed by atoms with E-state index >= 15 is 0 Å². The number of nitrogens with one attached hydrogen (secondary N) is 1. The molecule has 6 nitrogen and oxygen atoms in total. The van der Waals surface area contributed by atoms with Crippen LogP contribution in [0.4, 0.5) is 4.39 Å². The number of ether oxygens (including phenoxy) is 2. The third kappa shape index (κ3) is 5.60. The molecule has 1 unspecified atom stereocenters. The number of halogens is 1. The average molecular weight is 333 g/mol. The first kappa shape index (κ1) is 17.8. The maximum Gasteiger partial charge on any atom is 0.222 e. The summed E-state index contributed by atoms with van der Waals surface area (Å²) in [7, 11) is 1.52. The predicted molar refractivity (Wildman–Crippen MR) is 87.0 cm³/mol. The molecule has 0 aliphatic carbocycles. The fourth-order valence-electron chi connectivity index (χ4n) is 1.97. The fourth-order valence-corrected chi connectivity index (χ4v) is 1.97. The van der Waals surface area contributed by atoms with Gasteiger partial charge in [-0.15, -0.1) is 0 Å². The monoisotopic (exact) mass is 333 g/mol. The van der Waals surface area contributed by atoms with Gasteiger partial charge in [0.25, 0.3) is 0 Å². The maximum absolute atomic E-state index is 13.1. The summed E-state index contributed by atoms with van der Waals surface area (Å²) < 4.78 is 23.6. The molecule has 1 heterocycles. The molecule has 0 radical (unpaired) electrons. The molecule has 0 spiro atoms. The van der Waals surface area contributed by atoms with E-state index in [1.165, 1.54) is 19.2 Å². The Morgan fingerprint density at radius 2 is 2.21 bits per heavy atom. The van der Waals surface area contributed by atoms with Crippen molar-refractivity contribution >= 4 is 5.91 Å². The first-order valence-electron chi connectivity index (χ1n) is 7.48. The minimum atomic E-state index is -0.376. The highest BCUT2D eigenvalue weighted by Gasteiger charge is 2.11. The van der Waals surface area contributed by atoms with E-state index in [0.717, 1.165) is 5.56 Å². The molecule has 1 aromatic carbocycles. The lowest BCUT2D eigenvalue weighted by Crippen LogP contribution is -2.31. The van der Waals surface area contributed by atoms with Crippen LogP contribution in [0.5, 0.6) is 11.6 Å². The number of aromatic nitrogens is 1. The second-order valence-corrected chi connectivity index (χ2v) is 5.14. The molecule has 2 rings (SSSR count). The van der Waals surface area contributed by atoms with E-state index in [1.54, 1.807) is 30.5 Å². The zero-order chi connectivity index (χ0) is 17.4. The van der Waals surface area contributed by atoms with Crippen molar-refractivity contribution in [3.63, 3.8) is 0 Å². The van der Waals surface area contributed by atoms with Crippen molar-refractivity contribution in [3.8, 4) is 11.6 Å². The van der Waals surface area contributed by atoms with E-state index in [0.29, 0.717) is 18.2 Å². The van der Waals surface area contributed by atoms with Crippen molar-refractivity contribution in [2.24, 2.45) is 5.73 Å². The second-order valence-electron chi connectivity index (χ2n) is 5.14. The summed E-state index contributed by atoms with van der Waals surface area (Å²) in [6.45, 7) is 0.630. The maximum atomic E-state index is 13.1. The van der Waals surface area contributed by atoms with E-state index in [-0.39, 0.29) is 30.8 Å². The van der Waals surface area contributed by atoms with Crippen LogP contribution in [0.25, 0.3) is 0 Å². The third-order valence-electron chi connectivity index (χ3n) is 3.32. The molecule has 1 amide bonds. The highest BCUT2D eigenvalue weighted by molar-refractivity contribution is 5.76. The number of pyridine rings is 1. The lowest BCUT2D eigenvalue weighted by atomic mass is 10.2. The Morgan fingerprint density at radius 3 is 2.83 bits per heavy atom. The number of benzene rings is 1. The van der Waals surface area contributed by atoms with Gasteiger partial charge in [-0.05, 0) is 17.7 Å². The molecule has 2 aromatic rings. The lowest BCUT2D eigenvalue weighted by molar-refractivity contribution is -0.123. The first-order valence-corrected chi connectivity index (χ1v) is 7.48. The van der Waals surface area contributed by atoms with Gasteiger partial charge in [0.1, 0.15) is 11.6 Å². The summed E-state index contributed by atoms with van der Waals surface area (Å²) >= 11 is 0. The van der Waals surface area contributed by atoms with Gasteiger partial charge in [-0.3, -0.25) is 4.79 Å². The molecular weight excluding hydrogens is 313 g/mol. The molecule has 0 aliphatic heterocycles. The van der Waals surface area contributed by atoms with Gasteiger partial charge in [0.2, 0.25) is 11.8 Å². The Morgan fingerprint density at radius 1 is 1.38 bits per heavy atom. The zero-order valence-electron chi connectivity index (χ0n) is 13.4. The number of rotatable bonds is 8. The second kappa shape index (κ2) is 8.95. The molecule has 3 N–H and O–H groups in total. The third-order valence-corrected chi connectivity index (χ3v) is 3.32. The molecule has 24 heavy (non-hydrogen) atoms. The van der Waals surface area contributed by atoms with Crippen LogP contribution < -0.4 is 15.8 Å².